The van der Waals surface area contributed by atoms with E-state index in [1.165, 1.54) is 11.3 Å². The third kappa shape index (κ3) is 5.08. The Morgan fingerprint density at radius 3 is 2.33 bits per heavy atom. The molecule has 0 spiro atoms. The fraction of sp³-hybridized carbons (Fsp3) is 0.182. The van der Waals surface area contributed by atoms with E-state index in [4.69, 9.17) is 9.47 Å². The zero-order valence-electron chi connectivity index (χ0n) is 16.3. The van der Waals surface area contributed by atoms with Crippen molar-refractivity contribution >= 4 is 39.9 Å². The Kier molecular flexibility index (Phi) is 6.78. The van der Waals surface area contributed by atoms with Crippen LogP contribution in [0.3, 0.4) is 0 Å². The van der Waals surface area contributed by atoms with Crippen LogP contribution in [0.25, 0.3) is 0 Å². The van der Waals surface area contributed by atoms with E-state index in [1.807, 2.05) is 33.2 Å². The predicted molar refractivity (Wildman–Crippen MR) is 122 cm³/mol. The first-order valence-electron chi connectivity index (χ1n) is 9.25. The number of amides is 1. The van der Waals surface area contributed by atoms with Gasteiger partial charge in [0.15, 0.2) is 11.5 Å². The van der Waals surface area contributed by atoms with Gasteiger partial charge in [0.1, 0.15) is 6.61 Å². The molecule has 0 aliphatic carbocycles. The first kappa shape index (κ1) is 20.6. The Balaban J connectivity index is 1.53. The summed E-state index contributed by atoms with van der Waals surface area (Å²) in [4.78, 5) is 21.7. The number of hydrogen-bond donors (Lipinski definition) is 0. The highest BCUT2D eigenvalue weighted by Gasteiger charge is 2.20. The molecule has 0 unspecified atom stereocenters. The molecule has 1 aromatic carbocycles. The molecule has 3 heterocycles. The van der Waals surface area contributed by atoms with Crippen LogP contribution in [0.5, 0.6) is 11.5 Å². The number of methoxy groups -OCH3 is 1. The van der Waals surface area contributed by atoms with Gasteiger partial charge in [-0.05, 0) is 41.1 Å². The predicted octanol–water partition coefficient (Wildman–Crippen LogP) is 5.70. The topological polar surface area (TPSA) is 51.7 Å². The summed E-state index contributed by atoms with van der Waals surface area (Å²) in [6, 6.07) is 13.4. The molecule has 0 saturated carbocycles. The summed E-state index contributed by atoms with van der Waals surface area (Å²) >= 11 is 4.83. The highest BCUT2D eigenvalue weighted by Crippen LogP contribution is 2.30. The number of aromatic nitrogens is 1. The average Bonchev–Trinajstić information content (AvgIpc) is 3.55. The van der Waals surface area contributed by atoms with Crippen LogP contribution in [0.4, 0.5) is 0 Å². The minimum atomic E-state index is -0.0406. The zero-order valence-corrected chi connectivity index (χ0v) is 18.8. The van der Waals surface area contributed by atoms with E-state index in [1.54, 1.807) is 53.5 Å². The second-order valence-electron chi connectivity index (χ2n) is 6.45. The maximum Gasteiger partial charge on any atom is 0.254 e. The molecule has 0 bridgehead atoms. The van der Waals surface area contributed by atoms with Crippen LogP contribution < -0.4 is 9.47 Å². The molecule has 154 valence electrons. The number of ether oxygens (including phenoxy) is 2. The first-order valence-corrected chi connectivity index (χ1v) is 11.9. The lowest BCUT2D eigenvalue weighted by molar-refractivity contribution is 0.0733. The molecule has 0 aliphatic heterocycles. The number of benzene rings is 1. The standard InChI is InChI=1S/C22H20N2O3S3/c1-26-21-10-16(6-7-20(21)27-13-17-14-28-15-23-17)22(25)24(11-18-4-2-8-29-18)12-19-5-3-9-30-19/h2-10,14-15H,11-13H2,1H3. The quantitative estimate of drug-likeness (QED) is 0.324. The second-order valence-corrected chi connectivity index (χ2v) is 9.24. The lowest BCUT2D eigenvalue weighted by atomic mass is 10.1. The number of hydrogen-bond acceptors (Lipinski definition) is 7. The van der Waals surface area contributed by atoms with Gasteiger partial charge in [0, 0.05) is 20.7 Å². The largest absolute Gasteiger partial charge is 0.493 e. The maximum atomic E-state index is 13.4. The SMILES string of the molecule is COc1cc(C(=O)N(Cc2cccs2)Cc2cccs2)ccc1OCc1cscn1. The van der Waals surface area contributed by atoms with Crippen LogP contribution in [0.15, 0.2) is 64.1 Å². The molecule has 4 aromatic rings. The molecule has 0 aliphatic rings. The van der Waals surface area contributed by atoms with Gasteiger partial charge < -0.3 is 14.4 Å². The monoisotopic (exact) mass is 456 g/mol. The van der Waals surface area contributed by atoms with Crippen LogP contribution in [-0.4, -0.2) is 22.9 Å². The lowest BCUT2D eigenvalue weighted by Gasteiger charge is -2.22. The highest BCUT2D eigenvalue weighted by molar-refractivity contribution is 7.10. The maximum absolute atomic E-state index is 13.4. The summed E-state index contributed by atoms with van der Waals surface area (Å²) in [6.45, 7) is 1.49. The molecule has 8 heteroatoms. The zero-order chi connectivity index (χ0) is 20.8. The number of thiazole rings is 1. The van der Waals surface area contributed by atoms with Gasteiger partial charge in [-0.25, -0.2) is 4.98 Å². The van der Waals surface area contributed by atoms with Gasteiger partial charge in [0.25, 0.3) is 5.91 Å². The van der Waals surface area contributed by atoms with Crippen molar-refractivity contribution in [1.29, 1.82) is 0 Å². The molecule has 30 heavy (non-hydrogen) atoms. The summed E-state index contributed by atoms with van der Waals surface area (Å²) < 4.78 is 11.3. The van der Waals surface area contributed by atoms with Crippen LogP contribution in [-0.2, 0) is 19.7 Å². The van der Waals surface area contributed by atoms with Gasteiger partial charge in [0.2, 0.25) is 0 Å². The smallest absolute Gasteiger partial charge is 0.254 e. The Bertz CT molecular complexity index is 1030. The average molecular weight is 457 g/mol. The van der Waals surface area contributed by atoms with Gasteiger partial charge in [-0.15, -0.1) is 34.0 Å². The van der Waals surface area contributed by atoms with E-state index >= 15 is 0 Å². The fourth-order valence-corrected chi connectivity index (χ4v) is 4.93. The molecule has 0 saturated heterocycles. The Labute approximate surface area is 187 Å². The van der Waals surface area contributed by atoms with E-state index in [9.17, 15) is 4.79 Å². The van der Waals surface area contributed by atoms with Crippen LogP contribution >= 0.6 is 34.0 Å². The molecule has 0 radical (unpaired) electrons. The minimum Gasteiger partial charge on any atom is -0.493 e. The summed E-state index contributed by atoms with van der Waals surface area (Å²) in [5.74, 6) is 1.08. The summed E-state index contributed by atoms with van der Waals surface area (Å²) in [5.41, 5.74) is 3.20. The first-order chi connectivity index (χ1) is 14.7. The molecule has 3 aromatic heterocycles. The molecule has 0 fully saturated rings. The van der Waals surface area contributed by atoms with Gasteiger partial charge in [0.05, 0.1) is 31.4 Å². The van der Waals surface area contributed by atoms with Crippen molar-refractivity contribution in [1.82, 2.24) is 9.88 Å². The van der Waals surface area contributed by atoms with Gasteiger partial charge >= 0.3 is 0 Å². The molecule has 5 nitrogen and oxygen atoms in total. The van der Waals surface area contributed by atoms with E-state index in [0.29, 0.717) is 36.8 Å². The van der Waals surface area contributed by atoms with Crippen molar-refractivity contribution < 1.29 is 14.3 Å². The van der Waals surface area contributed by atoms with Crippen molar-refractivity contribution in [2.45, 2.75) is 19.7 Å². The van der Waals surface area contributed by atoms with Crippen molar-refractivity contribution in [3.63, 3.8) is 0 Å². The number of thiophene rings is 2. The molecule has 0 atom stereocenters. The van der Waals surface area contributed by atoms with Crippen molar-refractivity contribution in [2.75, 3.05) is 7.11 Å². The normalized spacial score (nSPS) is 10.7. The van der Waals surface area contributed by atoms with Gasteiger partial charge in [-0.3, -0.25) is 4.79 Å². The Hall–Kier alpha value is -2.68. The summed E-state index contributed by atoms with van der Waals surface area (Å²) in [7, 11) is 1.58. The molecule has 4 rings (SSSR count). The van der Waals surface area contributed by atoms with Crippen LogP contribution in [0, 0.1) is 0 Å². The number of carbonyl (C=O) groups is 1. The minimum absolute atomic E-state index is 0.0406. The van der Waals surface area contributed by atoms with Crippen LogP contribution in [0.2, 0.25) is 0 Å². The van der Waals surface area contributed by atoms with Crippen molar-refractivity contribution in [3.05, 3.63) is 85.1 Å². The number of carbonyl (C=O) groups excluding carboxylic acids is 1. The van der Waals surface area contributed by atoms with E-state index < -0.39 is 0 Å². The van der Waals surface area contributed by atoms with E-state index in [0.717, 1.165) is 15.4 Å². The van der Waals surface area contributed by atoms with Gasteiger partial charge in [-0.1, -0.05) is 12.1 Å². The third-order valence-electron chi connectivity index (χ3n) is 4.41. The lowest BCUT2D eigenvalue weighted by Crippen LogP contribution is -2.29. The van der Waals surface area contributed by atoms with Gasteiger partial charge in [-0.2, -0.15) is 0 Å². The molecular weight excluding hydrogens is 436 g/mol. The molecule has 1 amide bonds. The Morgan fingerprint density at radius 1 is 1.03 bits per heavy atom. The summed E-state index contributed by atoms with van der Waals surface area (Å²) in [6.07, 6.45) is 0. The summed E-state index contributed by atoms with van der Waals surface area (Å²) in [5, 5.41) is 6.00. The third-order valence-corrected chi connectivity index (χ3v) is 6.77. The number of rotatable bonds is 9. The molecular formula is C22H20N2O3S3. The van der Waals surface area contributed by atoms with E-state index in [2.05, 4.69) is 17.1 Å². The van der Waals surface area contributed by atoms with Crippen LogP contribution in [0.1, 0.15) is 25.8 Å². The number of nitrogens with zero attached hydrogens (tertiary/aromatic N) is 2. The second kappa shape index (κ2) is 9.88. The van der Waals surface area contributed by atoms with Crippen molar-refractivity contribution in [3.8, 4) is 11.5 Å². The molecule has 0 N–H and O–H groups in total. The van der Waals surface area contributed by atoms with Crippen molar-refractivity contribution in [2.24, 2.45) is 0 Å². The van der Waals surface area contributed by atoms with E-state index in [-0.39, 0.29) is 5.91 Å². The fourth-order valence-electron chi connectivity index (χ4n) is 2.94. The highest BCUT2D eigenvalue weighted by atomic mass is 32.1. The Morgan fingerprint density at radius 2 is 1.77 bits per heavy atom.